The lowest BCUT2D eigenvalue weighted by Gasteiger charge is -2.24. The van der Waals surface area contributed by atoms with Crippen molar-refractivity contribution < 1.29 is 14.3 Å². The van der Waals surface area contributed by atoms with E-state index >= 15 is 0 Å². The van der Waals surface area contributed by atoms with Gasteiger partial charge in [-0.25, -0.2) is 0 Å². The highest BCUT2D eigenvalue weighted by Gasteiger charge is 2.30. The van der Waals surface area contributed by atoms with E-state index in [0.29, 0.717) is 18.7 Å². The van der Waals surface area contributed by atoms with E-state index in [-0.39, 0.29) is 17.7 Å². The van der Waals surface area contributed by atoms with Gasteiger partial charge in [-0.3, -0.25) is 9.59 Å². The largest absolute Gasteiger partial charge is 0.385 e. The number of fused-ring (bicyclic) bond motifs is 1. The number of ether oxygens (including phenoxy) is 1. The fourth-order valence-electron chi connectivity index (χ4n) is 3.29. The minimum absolute atomic E-state index is 0.0607. The van der Waals surface area contributed by atoms with Gasteiger partial charge in [0.1, 0.15) is 5.00 Å². The van der Waals surface area contributed by atoms with Crippen LogP contribution in [-0.2, 0) is 22.4 Å². The molecule has 0 saturated heterocycles. The zero-order valence-corrected chi connectivity index (χ0v) is 15.1. The van der Waals surface area contributed by atoms with Crippen LogP contribution in [-0.4, -0.2) is 32.1 Å². The van der Waals surface area contributed by atoms with E-state index in [1.165, 1.54) is 11.3 Å². The predicted molar refractivity (Wildman–Crippen MR) is 95.8 cm³/mol. The molecule has 2 amide bonds. The number of aryl methyl sites for hydroxylation is 1. The van der Waals surface area contributed by atoms with E-state index < -0.39 is 0 Å². The van der Waals surface area contributed by atoms with E-state index in [1.54, 1.807) is 18.4 Å². The zero-order valence-electron chi connectivity index (χ0n) is 14.3. The zero-order chi connectivity index (χ0) is 16.9. The number of amides is 2. The minimum Gasteiger partial charge on any atom is -0.385 e. The molecule has 0 aliphatic heterocycles. The molecule has 2 N–H and O–H groups in total. The van der Waals surface area contributed by atoms with E-state index in [4.69, 9.17) is 4.74 Å². The summed E-state index contributed by atoms with van der Waals surface area (Å²) in [5.74, 6) is 0.143. The Morgan fingerprint density at radius 3 is 2.71 bits per heavy atom. The molecule has 1 fully saturated rings. The van der Waals surface area contributed by atoms with Gasteiger partial charge >= 0.3 is 0 Å². The lowest BCUT2D eigenvalue weighted by Crippen LogP contribution is -2.30. The molecule has 1 heterocycles. The quantitative estimate of drug-likeness (QED) is 0.743. The number of nitrogens with one attached hydrogen (secondary N) is 2. The lowest BCUT2D eigenvalue weighted by molar-refractivity contribution is -0.122. The first-order valence-electron chi connectivity index (χ1n) is 8.93. The minimum atomic E-state index is -0.0607. The molecular formula is C18H26N2O3S. The molecule has 0 radical (unpaired) electrons. The van der Waals surface area contributed by atoms with Crippen LogP contribution in [0.25, 0.3) is 0 Å². The third kappa shape index (κ3) is 3.81. The maximum absolute atomic E-state index is 12.7. The van der Waals surface area contributed by atoms with Crippen LogP contribution in [0.15, 0.2) is 0 Å². The Kier molecular flexibility index (Phi) is 5.89. The number of anilines is 1. The number of hydrogen-bond acceptors (Lipinski definition) is 4. The SMILES string of the molecule is COCCCNC(=O)c1c(NC(=O)C2CCC2)sc2c1CCCC2. The summed E-state index contributed by atoms with van der Waals surface area (Å²) >= 11 is 1.60. The van der Waals surface area contributed by atoms with Crippen LogP contribution in [0.2, 0.25) is 0 Å². The van der Waals surface area contributed by atoms with Crippen molar-refractivity contribution in [2.24, 2.45) is 5.92 Å². The Bertz CT molecular complexity index is 608. The topological polar surface area (TPSA) is 67.4 Å². The maximum atomic E-state index is 12.7. The summed E-state index contributed by atoms with van der Waals surface area (Å²) in [5, 5.41) is 6.78. The van der Waals surface area contributed by atoms with Crippen LogP contribution in [0.3, 0.4) is 0 Å². The van der Waals surface area contributed by atoms with Crippen LogP contribution in [0.5, 0.6) is 0 Å². The molecule has 1 saturated carbocycles. The standard InChI is InChI=1S/C18H26N2O3S/c1-23-11-5-10-19-17(22)15-13-8-2-3-9-14(13)24-18(15)20-16(21)12-6-4-7-12/h12H,2-11H2,1H3,(H,19,22)(H,20,21). The molecule has 0 bridgehead atoms. The number of carbonyl (C=O) groups is 2. The molecule has 2 aliphatic carbocycles. The molecule has 0 atom stereocenters. The molecule has 0 spiro atoms. The smallest absolute Gasteiger partial charge is 0.254 e. The molecule has 1 aromatic rings. The highest BCUT2D eigenvalue weighted by Crippen LogP contribution is 2.39. The van der Waals surface area contributed by atoms with Gasteiger partial charge in [0.15, 0.2) is 0 Å². The molecular weight excluding hydrogens is 324 g/mol. The molecule has 24 heavy (non-hydrogen) atoms. The summed E-state index contributed by atoms with van der Waals surface area (Å²) in [4.78, 5) is 26.3. The van der Waals surface area contributed by atoms with Gasteiger partial charge in [0, 0.05) is 31.1 Å². The van der Waals surface area contributed by atoms with Gasteiger partial charge in [0.05, 0.1) is 5.56 Å². The first-order chi connectivity index (χ1) is 11.7. The summed E-state index contributed by atoms with van der Waals surface area (Å²) in [7, 11) is 1.66. The average Bonchev–Trinajstić information content (AvgIpc) is 2.87. The molecule has 5 nitrogen and oxygen atoms in total. The van der Waals surface area contributed by atoms with E-state index in [2.05, 4.69) is 10.6 Å². The third-order valence-corrected chi connectivity index (χ3v) is 6.13. The van der Waals surface area contributed by atoms with Crippen LogP contribution < -0.4 is 10.6 Å². The van der Waals surface area contributed by atoms with Crippen LogP contribution in [0, 0.1) is 5.92 Å². The van der Waals surface area contributed by atoms with Crippen molar-refractivity contribution in [2.75, 3.05) is 25.6 Å². The Hall–Kier alpha value is -1.40. The lowest BCUT2D eigenvalue weighted by atomic mass is 9.85. The van der Waals surface area contributed by atoms with Gasteiger partial charge in [-0.15, -0.1) is 11.3 Å². The molecule has 0 unspecified atom stereocenters. The number of carbonyl (C=O) groups excluding carboxylic acids is 2. The van der Waals surface area contributed by atoms with Crippen molar-refractivity contribution in [1.29, 1.82) is 0 Å². The molecule has 3 rings (SSSR count). The van der Waals surface area contributed by atoms with Gasteiger partial charge in [-0.1, -0.05) is 6.42 Å². The van der Waals surface area contributed by atoms with Crippen LogP contribution >= 0.6 is 11.3 Å². The van der Waals surface area contributed by atoms with Crippen molar-refractivity contribution in [1.82, 2.24) is 5.32 Å². The van der Waals surface area contributed by atoms with Crippen molar-refractivity contribution >= 4 is 28.2 Å². The predicted octanol–water partition coefficient (Wildman–Crippen LogP) is 3.13. The van der Waals surface area contributed by atoms with E-state index in [9.17, 15) is 9.59 Å². The molecule has 0 aromatic carbocycles. The fourth-order valence-corrected chi connectivity index (χ4v) is 4.58. The van der Waals surface area contributed by atoms with Crippen LogP contribution in [0.1, 0.15) is 59.3 Å². The fraction of sp³-hybridized carbons (Fsp3) is 0.667. The van der Waals surface area contributed by atoms with Gasteiger partial charge in [-0.2, -0.15) is 0 Å². The second-order valence-corrected chi connectivity index (χ2v) is 7.74. The summed E-state index contributed by atoms with van der Waals surface area (Å²) in [6.45, 7) is 1.22. The number of rotatable bonds is 7. The molecule has 132 valence electrons. The highest BCUT2D eigenvalue weighted by molar-refractivity contribution is 7.17. The van der Waals surface area contributed by atoms with Gasteiger partial charge in [0.2, 0.25) is 5.91 Å². The van der Waals surface area contributed by atoms with Crippen molar-refractivity contribution in [3.63, 3.8) is 0 Å². The number of thiophene rings is 1. The third-order valence-electron chi connectivity index (χ3n) is 4.92. The van der Waals surface area contributed by atoms with Crippen molar-refractivity contribution in [3.8, 4) is 0 Å². The Morgan fingerprint density at radius 1 is 1.21 bits per heavy atom. The summed E-state index contributed by atoms with van der Waals surface area (Å²) in [5.41, 5.74) is 1.86. The van der Waals surface area contributed by atoms with Gasteiger partial charge < -0.3 is 15.4 Å². The summed E-state index contributed by atoms with van der Waals surface area (Å²) < 4.78 is 5.02. The first-order valence-corrected chi connectivity index (χ1v) is 9.75. The number of hydrogen-bond donors (Lipinski definition) is 2. The maximum Gasteiger partial charge on any atom is 0.254 e. The Morgan fingerprint density at radius 2 is 2.00 bits per heavy atom. The molecule has 2 aliphatic rings. The second kappa shape index (κ2) is 8.12. The van der Waals surface area contributed by atoms with Crippen LogP contribution in [0.4, 0.5) is 5.00 Å². The first kappa shape index (κ1) is 17.4. The summed E-state index contributed by atoms with van der Waals surface area (Å²) in [6.07, 6.45) is 8.09. The molecule has 1 aromatic heterocycles. The van der Waals surface area contributed by atoms with Gasteiger partial charge in [0.25, 0.3) is 5.91 Å². The van der Waals surface area contributed by atoms with E-state index in [1.807, 2.05) is 0 Å². The monoisotopic (exact) mass is 350 g/mol. The van der Waals surface area contributed by atoms with E-state index in [0.717, 1.165) is 55.5 Å². The Balaban J connectivity index is 1.75. The van der Waals surface area contributed by atoms with Crippen molar-refractivity contribution in [2.45, 2.75) is 51.4 Å². The number of methoxy groups -OCH3 is 1. The molecule has 6 heteroatoms. The van der Waals surface area contributed by atoms with Crippen molar-refractivity contribution in [3.05, 3.63) is 16.0 Å². The summed E-state index contributed by atoms with van der Waals surface area (Å²) in [6, 6.07) is 0. The second-order valence-electron chi connectivity index (χ2n) is 6.63. The van der Waals surface area contributed by atoms with Gasteiger partial charge in [-0.05, 0) is 50.5 Å². The highest BCUT2D eigenvalue weighted by atomic mass is 32.1. The Labute approximate surface area is 147 Å². The normalized spacial score (nSPS) is 17.0. The average molecular weight is 350 g/mol.